The van der Waals surface area contributed by atoms with Crippen molar-refractivity contribution in [3.05, 3.63) is 77.9 Å². The van der Waals surface area contributed by atoms with Gasteiger partial charge in [-0.2, -0.15) is 0 Å². The monoisotopic (exact) mass is 372 g/mol. The molecule has 1 aliphatic heterocycles. The van der Waals surface area contributed by atoms with Crippen LogP contribution in [0.2, 0.25) is 0 Å². The summed E-state index contributed by atoms with van der Waals surface area (Å²) in [5.74, 6) is -0.796. The molecule has 28 heavy (non-hydrogen) atoms. The molecule has 4 rings (SSSR count). The zero-order valence-electron chi connectivity index (χ0n) is 15.0. The molecule has 0 aliphatic carbocycles. The number of hydrogen-bond acceptors (Lipinski definition) is 4. The first-order valence-electron chi connectivity index (χ1n) is 8.62. The Balaban J connectivity index is 1.77. The van der Waals surface area contributed by atoms with Crippen molar-refractivity contribution in [1.29, 1.82) is 0 Å². The van der Waals surface area contributed by atoms with Crippen molar-refractivity contribution in [2.24, 2.45) is 0 Å². The first-order valence-corrected chi connectivity index (χ1v) is 8.62. The maximum atomic E-state index is 13.0. The lowest BCUT2D eigenvalue weighted by molar-refractivity contribution is -0.122. The van der Waals surface area contributed by atoms with Crippen molar-refractivity contribution >= 4 is 40.4 Å². The van der Waals surface area contributed by atoms with Gasteiger partial charge in [0.1, 0.15) is 11.3 Å². The number of nitrogens with one attached hydrogen (secondary N) is 1. The molecule has 1 N–H and O–H groups in total. The van der Waals surface area contributed by atoms with Gasteiger partial charge in [0, 0.05) is 0 Å². The predicted molar refractivity (Wildman–Crippen MR) is 106 cm³/mol. The lowest BCUT2D eigenvalue weighted by Gasteiger charge is -2.26. The van der Waals surface area contributed by atoms with Gasteiger partial charge < -0.3 is 4.74 Å². The summed E-state index contributed by atoms with van der Waals surface area (Å²) in [6, 6.07) is 19.0. The first-order chi connectivity index (χ1) is 13.6. The summed E-state index contributed by atoms with van der Waals surface area (Å²) in [6.07, 6.45) is 1.52. The normalized spacial score (nSPS) is 15.8. The number of hydrogen-bond donors (Lipinski definition) is 1. The number of urea groups is 1. The van der Waals surface area contributed by atoms with Crippen molar-refractivity contribution in [2.45, 2.75) is 0 Å². The molecule has 1 saturated heterocycles. The number of rotatable bonds is 3. The number of fused-ring (bicyclic) bond motifs is 1. The van der Waals surface area contributed by atoms with Crippen LogP contribution in [-0.2, 0) is 9.59 Å². The Morgan fingerprint density at radius 1 is 0.893 bits per heavy atom. The highest BCUT2D eigenvalue weighted by Crippen LogP contribution is 2.26. The van der Waals surface area contributed by atoms with E-state index >= 15 is 0 Å². The van der Waals surface area contributed by atoms with Gasteiger partial charge in [0.25, 0.3) is 11.8 Å². The minimum Gasteiger partial charge on any atom is -0.497 e. The van der Waals surface area contributed by atoms with Gasteiger partial charge in [0.2, 0.25) is 0 Å². The van der Waals surface area contributed by atoms with Gasteiger partial charge >= 0.3 is 6.03 Å². The summed E-state index contributed by atoms with van der Waals surface area (Å²) in [7, 11) is 1.53. The lowest BCUT2D eigenvalue weighted by Crippen LogP contribution is -2.54. The van der Waals surface area contributed by atoms with E-state index in [2.05, 4.69) is 5.32 Å². The largest absolute Gasteiger partial charge is 0.497 e. The summed E-state index contributed by atoms with van der Waals surface area (Å²) >= 11 is 0. The molecule has 0 spiro atoms. The topological polar surface area (TPSA) is 75.7 Å². The molecule has 0 bridgehead atoms. The fraction of sp³-hybridized carbons (Fsp3) is 0.0455. The molecular weight excluding hydrogens is 356 g/mol. The van der Waals surface area contributed by atoms with Crippen LogP contribution < -0.4 is 15.0 Å². The molecule has 4 amide bonds. The SMILES string of the molecule is COc1ccc(N2C(=O)NC(=O)/C(=C/c3cccc4ccccc34)C2=O)cc1. The Morgan fingerprint density at radius 2 is 1.61 bits per heavy atom. The van der Waals surface area contributed by atoms with Crippen LogP contribution >= 0.6 is 0 Å². The molecule has 138 valence electrons. The van der Waals surface area contributed by atoms with Crippen LogP contribution in [0.4, 0.5) is 10.5 Å². The predicted octanol–water partition coefficient (Wildman–Crippen LogP) is 3.51. The Morgan fingerprint density at radius 3 is 2.36 bits per heavy atom. The highest BCUT2D eigenvalue weighted by atomic mass is 16.5. The zero-order chi connectivity index (χ0) is 19.7. The van der Waals surface area contributed by atoms with Crippen LogP contribution in [-0.4, -0.2) is 25.0 Å². The summed E-state index contributed by atoms with van der Waals surface area (Å²) in [5.41, 5.74) is 0.965. The number of methoxy groups -OCH3 is 1. The second kappa shape index (κ2) is 7.00. The Labute approximate surface area is 161 Å². The van der Waals surface area contributed by atoms with E-state index in [1.807, 2.05) is 42.5 Å². The van der Waals surface area contributed by atoms with Gasteiger partial charge in [-0.15, -0.1) is 0 Å². The van der Waals surface area contributed by atoms with E-state index in [1.54, 1.807) is 24.3 Å². The van der Waals surface area contributed by atoms with Crippen LogP contribution in [0.3, 0.4) is 0 Å². The molecule has 0 radical (unpaired) electrons. The van der Waals surface area contributed by atoms with Crippen molar-refractivity contribution in [1.82, 2.24) is 5.32 Å². The minimum absolute atomic E-state index is 0.105. The first kappa shape index (κ1) is 17.5. The minimum atomic E-state index is -0.782. The van der Waals surface area contributed by atoms with Crippen molar-refractivity contribution in [2.75, 3.05) is 12.0 Å². The third-order valence-corrected chi connectivity index (χ3v) is 4.56. The number of nitrogens with zero attached hydrogens (tertiary/aromatic N) is 1. The van der Waals surface area contributed by atoms with Crippen molar-refractivity contribution in [3.8, 4) is 5.75 Å². The van der Waals surface area contributed by atoms with E-state index < -0.39 is 17.8 Å². The van der Waals surface area contributed by atoms with E-state index in [-0.39, 0.29) is 5.57 Å². The average molecular weight is 372 g/mol. The standard InChI is InChI=1S/C22H16N2O4/c1-28-17-11-9-16(10-12-17)24-21(26)19(20(25)23-22(24)27)13-15-7-4-6-14-5-2-3-8-18(14)15/h2-13H,1H3,(H,23,25,27)/b19-13-. The molecule has 6 nitrogen and oxygen atoms in total. The molecule has 3 aromatic rings. The fourth-order valence-corrected chi connectivity index (χ4v) is 3.16. The smallest absolute Gasteiger partial charge is 0.335 e. The number of carbonyl (C=O) groups excluding carboxylic acids is 3. The van der Waals surface area contributed by atoms with Crippen LogP contribution in [0.15, 0.2) is 72.3 Å². The number of carbonyl (C=O) groups is 3. The Hall–Kier alpha value is -3.93. The second-order valence-corrected chi connectivity index (χ2v) is 6.22. The van der Waals surface area contributed by atoms with Gasteiger partial charge in [-0.25, -0.2) is 9.69 Å². The van der Waals surface area contributed by atoms with Gasteiger partial charge in [-0.1, -0.05) is 42.5 Å². The van der Waals surface area contributed by atoms with Gasteiger partial charge in [0.15, 0.2) is 0 Å². The quantitative estimate of drug-likeness (QED) is 0.564. The Kier molecular flexibility index (Phi) is 4.37. The summed E-state index contributed by atoms with van der Waals surface area (Å²) in [5, 5.41) is 4.13. The summed E-state index contributed by atoms with van der Waals surface area (Å²) in [4.78, 5) is 38.6. The third kappa shape index (κ3) is 3.01. The summed E-state index contributed by atoms with van der Waals surface area (Å²) < 4.78 is 5.10. The van der Waals surface area contributed by atoms with Crippen molar-refractivity contribution < 1.29 is 19.1 Å². The molecule has 3 aromatic carbocycles. The molecule has 1 heterocycles. The van der Waals surface area contributed by atoms with E-state index in [9.17, 15) is 14.4 Å². The van der Waals surface area contributed by atoms with Gasteiger partial charge in [-0.05, 0) is 46.7 Å². The molecule has 1 aliphatic rings. The number of benzene rings is 3. The van der Waals surface area contributed by atoms with Crippen LogP contribution in [0.1, 0.15) is 5.56 Å². The number of anilines is 1. The molecule has 1 fully saturated rings. The van der Waals surface area contributed by atoms with Crippen LogP contribution in [0.25, 0.3) is 16.8 Å². The maximum absolute atomic E-state index is 13.0. The molecule has 0 aromatic heterocycles. The molecule has 0 atom stereocenters. The van der Waals surface area contributed by atoms with E-state index in [0.717, 1.165) is 21.2 Å². The maximum Gasteiger partial charge on any atom is 0.335 e. The number of imide groups is 2. The van der Waals surface area contributed by atoms with E-state index in [0.29, 0.717) is 11.4 Å². The highest BCUT2D eigenvalue weighted by Gasteiger charge is 2.36. The summed E-state index contributed by atoms with van der Waals surface area (Å²) in [6.45, 7) is 0. The number of amides is 4. The van der Waals surface area contributed by atoms with E-state index in [1.165, 1.54) is 13.2 Å². The third-order valence-electron chi connectivity index (χ3n) is 4.56. The lowest BCUT2D eigenvalue weighted by atomic mass is 10.0. The molecular formula is C22H16N2O4. The fourth-order valence-electron chi connectivity index (χ4n) is 3.16. The van der Waals surface area contributed by atoms with Crippen LogP contribution in [0.5, 0.6) is 5.75 Å². The second-order valence-electron chi connectivity index (χ2n) is 6.22. The van der Waals surface area contributed by atoms with Crippen molar-refractivity contribution in [3.63, 3.8) is 0 Å². The number of barbiturate groups is 1. The van der Waals surface area contributed by atoms with Gasteiger partial charge in [-0.3, -0.25) is 14.9 Å². The van der Waals surface area contributed by atoms with Crippen LogP contribution in [0, 0.1) is 0 Å². The van der Waals surface area contributed by atoms with E-state index in [4.69, 9.17) is 4.74 Å². The number of ether oxygens (including phenoxy) is 1. The zero-order valence-corrected chi connectivity index (χ0v) is 15.0. The highest BCUT2D eigenvalue weighted by molar-refractivity contribution is 6.39. The molecule has 0 saturated carbocycles. The van der Waals surface area contributed by atoms with Gasteiger partial charge in [0.05, 0.1) is 12.8 Å². The molecule has 0 unspecified atom stereocenters. The Bertz CT molecular complexity index is 1130. The molecule has 6 heteroatoms. The average Bonchev–Trinajstić information content (AvgIpc) is 2.71.